The quantitative estimate of drug-likeness (QED) is 0.818. The first-order valence-electron chi connectivity index (χ1n) is 6.07. The van der Waals surface area contributed by atoms with Crippen molar-refractivity contribution in [3.8, 4) is 0 Å². The number of hydrogen-bond donors (Lipinski definition) is 0. The number of carbonyl (C=O) groups excluding carboxylic acids is 2. The lowest BCUT2D eigenvalue weighted by molar-refractivity contribution is -0.127. The van der Waals surface area contributed by atoms with Crippen molar-refractivity contribution in [2.24, 2.45) is 5.92 Å². The molecule has 1 amide bonds. The highest BCUT2D eigenvalue weighted by Gasteiger charge is 2.29. The van der Waals surface area contributed by atoms with E-state index in [0.717, 1.165) is 30.8 Å². The summed E-state index contributed by atoms with van der Waals surface area (Å²) in [5, 5.41) is 0.124. The Morgan fingerprint density at radius 3 is 3.11 bits per heavy atom. The number of carbonyl (C=O) groups is 2. The summed E-state index contributed by atoms with van der Waals surface area (Å²) in [6.07, 6.45) is 4.76. The lowest BCUT2D eigenvalue weighted by atomic mass is 10.1. The number of thioether (sulfide) groups is 1. The molecule has 1 aliphatic rings. The van der Waals surface area contributed by atoms with Gasteiger partial charge in [-0.1, -0.05) is 11.8 Å². The highest BCUT2D eigenvalue weighted by Crippen LogP contribution is 2.22. The zero-order chi connectivity index (χ0) is 13.0. The van der Waals surface area contributed by atoms with E-state index in [1.54, 1.807) is 19.5 Å². The molecule has 0 aliphatic carbocycles. The molecule has 1 aromatic rings. The first-order valence-corrected chi connectivity index (χ1v) is 7.06. The Balaban J connectivity index is 1.76. The summed E-state index contributed by atoms with van der Waals surface area (Å²) in [5.41, 5.74) is 1.12. The smallest absolute Gasteiger partial charge is 0.222 e. The molecule has 98 valence electrons. The maximum atomic E-state index is 11.8. The van der Waals surface area contributed by atoms with Crippen LogP contribution in [-0.2, 0) is 16.0 Å². The molecule has 0 radical (unpaired) electrons. The van der Waals surface area contributed by atoms with Gasteiger partial charge in [-0.25, -0.2) is 0 Å². The first kappa shape index (κ1) is 13.2. The van der Waals surface area contributed by atoms with Crippen LogP contribution in [0, 0.1) is 5.92 Å². The molecule has 4 nitrogen and oxygen atoms in total. The lowest BCUT2D eigenvalue weighted by Crippen LogP contribution is -2.27. The normalized spacial score (nSPS) is 19.5. The van der Waals surface area contributed by atoms with Crippen LogP contribution in [0.25, 0.3) is 0 Å². The summed E-state index contributed by atoms with van der Waals surface area (Å²) in [5.74, 6) is 1.27. The molecule has 0 saturated carbocycles. The molecule has 1 aromatic heterocycles. The Labute approximate surface area is 111 Å². The molecule has 0 N–H and O–H groups in total. The number of hydrogen-bond acceptors (Lipinski definition) is 4. The van der Waals surface area contributed by atoms with Crippen molar-refractivity contribution in [2.45, 2.75) is 19.8 Å². The topological polar surface area (TPSA) is 50.5 Å². The van der Waals surface area contributed by atoms with Crippen molar-refractivity contribution in [3.05, 3.63) is 24.2 Å². The van der Waals surface area contributed by atoms with Gasteiger partial charge in [-0.15, -0.1) is 0 Å². The van der Waals surface area contributed by atoms with Crippen LogP contribution in [0.2, 0.25) is 0 Å². The van der Waals surface area contributed by atoms with Crippen LogP contribution in [0.5, 0.6) is 0 Å². The molecular formula is C13H17NO3S. The van der Waals surface area contributed by atoms with E-state index in [1.807, 2.05) is 11.0 Å². The highest BCUT2D eigenvalue weighted by molar-refractivity contribution is 8.13. The molecule has 1 saturated heterocycles. The van der Waals surface area contributed by atoms with Crippen LogP contribution in [0.15, 0.2) is 23.0 Å². The highest BCUT2D eigenvalue weighted by atomic mass is 32.2. The van der Waals surface area contributed by atoms with Crippen molar-refractivity contribution in [2.75, 3.05) is 18.8 Å². The summed E-state index contributed by atoms with van der Waals surface area (Å²) in [6, 6.07) is 1.92. The fraction of sp³-hybridized carbons (Fsp3) is 0.538. The summed E-state index contributed by atoms with van der Waals surface area (Å²) in [7, 11) is 0. The fourth-order valence-corrected chi connectivity index (χ4v) is 2.81. The van der Waals surface area contributed by atoms with Crippen molar-refractivity contribution in [1.82, 2.24) is 4.90 Å². The van der Waals surface area contributed by atoms with E-state index in [4.69, 9.17) is 4.42 Å². The van der Waals surface area contributed by atoms with Crippen LogP contribution in [0.3, 0.4) is 0 Å². The Kier molecular flexibility index (Phi) is 4.47. The van der Waals surface area contributed by atoms with E-state index in [9.17, 15) is 9.59 Å². The second-order valence-electron chi connectivity index (χ2n) is 4.59. The second-order valence-corrected chi connectivity index (χ2v) is 5.79. The van der Waals surface area contributed by atoms with Gasteiger partial charge in [-0.3, -0.25) is 9.59 Å². The summed E-state index contributed by atoms with van der Waals surface area (Å²) in [4.78, 5) is 24.6. The van der Waals surface area contributed by atoms with Gasteiger partial charge in [0.2, 0.25) is 5.91 Å². The number of nitrogens with zero attached hydrogens (tertiary/aromatic N) is 1. The number of furan rings is 1. The molecule has 0 aromatic carbocycles. The monoisotopic (exact) mass is 267 g/mol. The SMILES string of the molecule is CC(=O)SCC1CC(=O)N(CCc2ccoc2)C1. The molecule has 18 heavy (non-hydrogen) atoms. The van der Waals surface area contributed by atoms with Crippen LogP contribution >= 0.6 is 11.8 Å². The molecule has 1 aliphatic heterocycles. The number of rotatable bonds is 5. The van der Waals surface area contributed by atoms with Gasteiger partial charge in [-0.05, 0) is 24.0 Å². The van der Waals surface area contributed by atoms with E-state index in [1.165, 1.54) is 11.8 Å². The third kappa shape index (κ3) is 3.63. The van der Waals surface area contributed by atoms with Gasteiger partial charge in [0.15, 0.2) is 5.12 Å². The maximum absolute atomic E-state index is 11.8. The second kappa shape index (κ2) is 6.09. The third-order valence-electron chi connectivity index (χ3n) is 3.07. The number of likely N-dealkylation sites (tertiary alicyclic amines) is 1. The van der Waals surface area contributed by atoms with Gasteiger partial charge in [0.05, 0.1) is 12.5 Å². The van der Waals surface area contributed by atoms with E-state index in [2.05, 4.69) is 0 Å². The van der Waals surface area contributed by atoms with Gasteiger partial charge in [0.1, 0.15) is 0 Å². The minimum atomic E-state index is 0.124. The third-order valence-corrected chi connectivity index (χ3v) is 4.11. The van der Waals surface area contributed by atoms with E-state index in [0.29, 0.717) is 12.3 Å². The Hall–Kier alpha value is -1.23. The Bertz CT molecular complexity index is 416. The molecule has 2 rings (SSSR count). The Morgan fingerprint density at radius 1 is 1.61 bits per heavy atom. The molecule has 1 unspecified atom stereocenters. The molecule has 1 fully saturated rings. The van der Waals surface area contributed by atoms with Gasteiger partial charge in [0.25, 0.3) is 0 Å². The van der Waals surface area contributed by atoms with Crippen molar-refractivity contribution < 1.29 is 14.0 Å². The van der Waals surface area contributed by atoms with Crippen molar-refractivity contribution in [1.29, 1.82) is 0 Å². The molecular weight excluding hydrogens is 250 g/mol. The van der Waals surface area contributed by atoms with E-state index >= 15 is 0 Å². The largest absolute Gasteiger partial charge is 0.472 e. The average molecular weight is 267 g/mol. The summed E-state index contributed by atoms with van der Waals surface area (Å²) < 4.78 is 5.00. The van der Waals surface area contributed by atoms with Crippen LogP contribution in [-0.4, -0.2) is 34.8 Å². The zero-order valence-corrected chi connectivity index (χ0v) is 11.2. The van der Waals surface area contributed by atoms with E-state index in [-0.39, 0.29) is 11.0 Å². The molecule has 0 spiro atoms. The molecule has 2 heterocycles. The standard InChI is InChI=1S/C13H17NO3S/c1-10(15)18-9-12-6-13(16)14(7-12)4-2-11-3-5-17-8-11/h3,5,8,12H,2,4,6-7,9H2,1H3. The number of amides is 1. The van der Waals surface area contributed by atoms with Crippen LogP contribution in [0.4, 0.5) is 0 Å². The fourth-order valence-electron chi connectivity index (χ4n) is 2.12. The zero-order valence-electron chi connectivity index (χ0n) is 10.4. The van der Waals surface area contributed by atoms with Gasteiger partial charge < -0.3 is 9.32 Å². The summed E-state index contributed by atoms with van der Waals surface area (Å²) >= 11 is 1.32. The van der Waals surface area contributed by atoms with Gasteiger partial charge >= 0.3 is 0 Å². The lowest BCUT2D eigenvalue weighted by Gasteiger charge is -2.15. The van der Waals surface area contributed by atoms with Crippen LogP contribution in [0.1, 0.15) is 18.9 Å². The predicted octanol–water partition coefficient (Wildman–Crippen LogP) is 1.95. The molecule has 0 bridgehead atoms. The van der Waals surface area contributed by atoms with E-state index < -0.39 is 0 Å². The summed E-state index contributed by atoms with van der Waals surface area (Å²) in [6.45, 7) is 3.08. The minimum Gasteiger partial charge on any atom is -0.472 e. The molecule has 5 heteroatoms. The van der Waals surface area contributed by atoms with Crippen molar-refractivity contribution in [3.63, 3.8) is 0 Å². The molecule has 1 atom stereocenters. The van der Waals surface area contributed by atoms with Gasteiger partial charge in [0, 0.05) is 32.2 Å². The Morgan fingerprint density at radius 2 is 2.44 bits per heavy atom. The maximum Gasteiger partial charge on any atom is 0.222 e. The predicted molar refractivity (Wildman–Crippen MR) is 70.2 cm³/mol. The minimum absolute atomic E-state index is 0.124. The van der Waals surface area contributed by atoms with Gasteiger partial charge in [-0.2, -0.15) is 0 Å². The van der Waals surface area contributed by atoms with Crippen LogP contribution < -0.4 is 0 Å². The average Bonchev–Trinajstić information content (AvgIpc) is 2.93. The van der Waals surface area contributed by atoms with Crippen molar-refractivity contribution >= 4 is 22.8 Å². The first-order chi connectivity index (χ1) is 8.65.